The number of nitrogens with two attached hydrogens (primary N) is 1. The van der Waals surface area contributed by atoms with E-state index in [2.05, 4.69) is 10.1 Å². The van der Waals surface area contributed by atoms with E-state index in [1.165, 1.54) is 53.0 Å². The van der Waals surface area contributed by atoms with Gasteiger partial charge in [-0.2, -0.15) is 31.4 Å². The zero-order valence-corrected chi connectivity index (χ0v) is 24.1. The summed E-state index contributed by atoms with van der Waals surface area (Å²) < 4.78 is 84.6. The number of rotatable bonds is 7. The lowest BCUT2D eigenvalue weighted by atomic mass is 9.90. The van der Waals surface area contributed by atoms with Gasteiger partial charge in [-0.1, -0.05) is 42.5 Å². The number of nitrogens with zero attached hydrogens (tertiary/aromatic N) is 5. The Morgan fingerprint density at radius 2 is 1.71 bits per heavy atom. The first-order chi connectivity index (χ1) is 21.1. The number of carbonyl (C=O) groups is 1. The number of amides is 1. The van der Waals surface area contributed by atoms with Crippen LogP contribution in [0, 0.1) is 0 Å². The molecule has 45 heavy (non-hydrogen) atoms. The number of benzene rings is 2. The number of piperidine rings is 1. The Balaban J connectivity index is 1.32. The molecular weight excluding hydrogens is 606 g/mol. The van der Waals surface area contributed by atoms with E-state index in [-0.39, 0.29) is 72.4 Å². The molecule has 1 unspecified atom stereocenters. The van der Waals surface area contributed by atoms with E-state index in [4.69, 9.17) is 5.73 Å². The average molecular weight is 637 g/mol. The van der Waals surface area contributed by atoms with E-state index in [1.807, 2.05) is 0 Å². The molecule has 2 aromatic carbocycles. The van der Waals surface area contributed by atoms with Gasteiger partial charge in [-0.3, -0.25) is 18.8 Å². The monoisotopic (exact) mass is 636 g/mol. The van der Waals surface area contributed by atoms with Crippen molar-refractivity contribution in [3.8, 4) is 11.3 Å². The second kappa shape index (κ2) is 11.9. The molecule has 0 bridgehead atoms. The number of fused-ring (bicyclic) bond motifs is 1. The summed E-state index contributed by atoms with van der Waals surface area (Å²) in [5, 5.41) is 15.5. The Labute approximate surface area is 252 Å². The Morgan fingerprint density at radius 3 is 2.31 bits per heavy atom. The van der Waals surface area contributed by atoms with Crippen molar-refractivity contribution in [3.05, 3.63) is 81.9 Å². The number of aliphatic hydroxyl groups is 1. The Bertz CT molecular complexity index is 1760. The molecule has 9 nitrogen and oxygen atoms in total. The van der Waals surface area contributed by atoms with E-state index >= 15 is 0 Å². The zero-order chi connectivity index (χ0) is 32.7. The first kappa shape index (κ1) is 32.2. The third-order valence-corrected chi connectivity index (χ3v) is 8.21. The van der Waals surface area contributed by atoms with Crippen LogP contribution in [0.4, 0.5) is 26.3 Å². The molecule has 1 atom stereocenters. The maximum absolute atomic E-state index is 13.8. The minimum Gasteiger partial charge on any atom is -0.388 e. The number of alkyl halides is 6. The van der Waals surface area contributed by atoms with E-state index in [1.54, 1.807) is 6.07 Å². The predicted molar refractivity (Wildman–Crippen MR) is 152 cm³/mol. The molecule has 3 heterocycles. The van der Waals surface area contributed by atoms with Crippen LogP contribution < -0.4 is 11.3 Å². The molecule has 240 valence electrons. The molecule has 5 rings (SSSR count). The summed E-state index contributed by atoms with van der Waals surface area (Å²) in [6, 6.07) is 10.8. The Kier molecular flexibility index (Phi) is 8.53. The molecule has 4 aromatic rings. The van der Waals surface area contributed by atoms with Crippen molar-refractivity contribution in [1.82, 2.24) is 24.2 Å². The van der Waals surface area contributed by atoms with Crippen LogP contribution in [-0.4, -0.2) is 60.1 Å². The van der Waals surface area contributed by atoms with Crippen molar-refractivity contribution < 1.29 is 36.2 Å². The van der Waals surface area contributed by atoms with Crippen LogP contribution in [0.5, 0.6) is 0 Å². The van der Waals surface area contributed by atoms with Crippen molar-refractivity contribution in [1.29, 1.82) is 0 Å². The lowest BCUT2D eigenvalue weighted by molar-refractivity contribution is -0.162. The highest BCUT2D eigenvalue weighted by molar-refractivity contribution is 5.89. The lowest BCUT2D eigenvalue weighted by Gasteiger charge is -2.39. The number of aryl methyl sites for hydroxylation is 1. The first-order valence-electron chi connectivity index (χ1n) is 14.1. The zero-order valence-electron chi connectivity index (χ0n) is 24.1. The summed E-state index contributed by atoms with van der Waals surface area (Å²) >= 11 is 0. The van der Waals surface area contributed by atoms with Gasteiger partial charge in [0.15, 0.2) is 5.52 Å². The van der Waals surface area contributed by atoms with Crippen LogP contribution in [-0.2, 0) is 31.1 Å². The van der Waals surface area contributed by atoms with Crippen molar-refractivity contribution in [3.63, 3.8) is 0 Å². The maximum Gasteiger partial charge on any atom is 0.416 e. The number of hydrogen-bond acceptors (Lipinski definition) is 6. The molecule has 0 saturated carbocycles. The summed E-state index contributed by atoms with van der Waals surface area (Å²) in [6.45, 7) is -0.595. The van der Waals surface area contributed by atoms with Crippen molar-refractivity contribution in [2.45, 2.75) is 56.2 Å². The molecule has 1 aliphatic rings. The fourth-order valence-corrected chi connectivity index (χ4v) is 5.76. The molecule has 1 fully saturated rings. The number of hydrogen-bond donors (Lipinski definition) is 2. The summed E-state index contributed by atoms with van der Waals surface area (Å²) in [5.74, 6) is -2.66. The smallest absolute Gasteiger partial charge is 0.388 e. The van der Waals surface area contributed by atoms with Gasteiger partial charge in [0.05, 0.1) is 35.6 Å². The highest BCUT2D eigenvalue weighted by atomic mass is 19.4. The molecule has 0 spiro atoms. The van der Waals surface area contributed by atoms with E-state index in [0.717, 1.165) is 17.0 Å². The number of likely N-dealkylation sites (tertiary alicyclic amines) is 1. The highest BCUT2D eigenvalue weighted by Crippen LogP contribution is 2.39. The minimum atomic E-state index is -4.66. The van der Waals surface area contributed by atoms with Gasteiger partial charge >= 0.3 is 12.4 Å². The van der Waals surface area contributed by atoms with Crippen molar-refractivity contribution >= 4 is 16.9 Å². The number of aromatic nitrogens is 4. The number of carbonyl (C=O) groups excluding carboxylic acids is 1. The standard InChI is InChI=1S/C30H30F6N6O3/c1-40-26(19-7-8-20(15-37)21(13-19)29(31,32)33)24-25(39-40)27(44)42(17-38-24)16-28(45)9-11-41(12-10-28)23(43)14-22(30(34,35)36)18-5-3-2-4-6-18/h2-8,13,17,22,45H,9-12,14-16,37H2,1H3. The van der Waals surface area contributed by atoms with Crippen LogP contribution in [0.1, 0.15) is 41.9 Å². The second-order valence-electron chi connectivity index (χ2n) is 11.2. The largest absolute Gasteiger partial charge is 0.416 e. The third-order valence-electron chi connectivity index (χ3n) is 8.21. The first-order valence-corrected chi connectivity index (χ1v) is 14.1. The quantitative estimate of drug-likeness (QED) is 0.291. The van der Waals surface area contributed by atoms with Gasteiger partial charge < -0.3 is 15.7 Å². The second-order valence-corrected chi connectivity index (χ2v) is 11.2. The summed E-state index contributed by atoms with van der Waals surface area (Å²) in [7, 11) is 1.46. The maximum atomic E-state index is 13.8. The molecule has 1 saturated heterocycles. The van der Waals surface area contributed by atoms with Crippen molar-refractivity contribution in [2.75, 3.05) is 13.1 Å². The van der Waals surface area contributed by atoms with Crippen molar-refractivity contribution in [2.24, 2.45) is 12.8 Å². The molecule has 0 aliphatic carbocycles. The molecule has 1 amide bonds. The normalized spacial score (nSPS) is 16.2. The minimum absolute atomic E-state index is 0.00752. The molecule has 2 aromatic heterocycles. The van der Waals surface area contributed by atoms with Gasteiger partial charge in [0, 0.05) is 38.7 Å². The van der Waals surface area contributed by atoms with Crippen LogP contribution in [0.15, 0.2) is 59.7 Å². The van der Waals surface area contributed by atoms with E-state index in [0.29, 0.717) is 0 Å². The molecular formula is C30H30F6N6O3. The van der Waals surface area contributed by atoms with Gasteiger partial charge in [-0.25, -0.2) is 4.98 Å². The fraction of sp³-hybridized carbons (Fsp3) is 0.400. The average Bonchev–Trinajstić information content (AvgIpc) is 3.33. The van der Waals surface area contributed by atoms with Crippen LogP contribution in [0.2, 0.25) is 0 Å². The van der Waals surface area contributed by atoms with Gasteiger partial charge in [0.1, 0.15) is 5.52 Å². The third kappa shape index (κ3) is 6.59. The topological polar surface area (TPSA) is 119 Å². The van der Waals surface area contributed by atoms with Crippen LogP contribution in [0.3, 0.4) is 0 Å². The van der Waals surface area contributed by atoms with Crippen LogP contribution in [0.25, 0.3) is 22.3 Å². The predicted octanol–water partition coefficient (Wildman–Crippen LogP) is 4.36. The molecule has 3 N–H and O–H groups in total. The SMILES string of the molecule is Cn1nc2c(=O)n(CC3(O)CCN(C(=O)CC(c4ccccc4)C(F)(F)F)CC3)cnc2c1-c1ccc(CN)c(C(F)(F)F)c1. The Morgan fingerprint density at radius 1 is 1.04 bits per heavy atom. The Hall–Kier alpha value is -4.24. The van der Waals surface area contributed by atoms with E-state index < -0.39 is 47.3 Å². The summed E-state index contributed by atoms with van der Waals surface area (Å²) in [4.78, 5) is 31.8. The van der Waals surface area contributed by atoms with Gasteiger partial charge in [-0.15, -0.1) is 0 Å². The summed E-state index contributed by atoms with van der Waals surface area (Å²) in [5.41, 5.74) is 2.61. The van der Waals surface area contributed by atoms with Gasteiger partial charge in [0.2, 0.25) is 5.91 Å². The van der Waals surface area contributed by atoms with Crippen LogP contribution >= 0.6 is 0 Å². The van der Waals surface area contributed by atoms with Gasteiger partial charge in [0.25, 0.3) is 5.56 Å². The number of halogens is 6. The summed E-state index contributed by atoms with van der Waals surface area (Å²) in [6.07, 6.45) is -8.90. The molecule has 0 radical (unpaired) electrons. The molecule has 15 heteroatoms. The van der Waals surface area contributed by atoms with Gasteiger partial charge in [-0.05, 0) is 30.0 Å². The fourth-order valence-electron chi connectivity index (χ4n) is 5.76. The lowest BCUT2D eigenvalue weighted by Crippen LogP contribution is -2.50. The van der Waals surface area contributed by atoms with E-state index in [9.17, 15) is 41.0 Å². The molecule has 1 aliphatic heterocycles. The highest BCUT2D eigenvalue weighted by Gasteiger charge is 2.43.